The zero-order valence-electron chi connectivity index (χ0n) is 54.5. The van der Waals surface area contributed by atoms with Gasteiger partial charge in [0.25, 0.3) is 17.7 Å². The molecule has 0 radical (unpaired) electrons. The molecule has 0 aliphatic carbocycles. The maximum atomic E-state index is 13.8. The number of amidine groups is 3. The number of anilines is 6. The molecule has 6 heterocycles. The summed E-state index contributed by atoms with van der Waals surface area (Å²) in [4.78, 5) is 57.3. The van der Waals surface area contributed by atoms with Crippen LogP contribution in [0, 0.1) is 22.0 Å². The smallest absolute Gasteiger partial charge is 0.259 e. The molecule has 20 nitrogen and oxygen atoms in total. The van der Waals surface area contributed by atoms with Crippen molar-refractivity contribution in [1.29, 1.82) is 16.2 Å². The average Bonchev–Trinajstić information content (AvgIpc) is 1.28. The molecule has 99 heavy (non-hydrogen) atoms. The van der Waals surface area contributed by atoms with Crippen molar-refractivity contribution in [3.05, 3.63) is 252 Å². The predicted molar refractivity (Wildman–Crippen MR) is 393 cm³/mol. The monoisotopic (exact) mass is 1410 g/mol. The van der Waals surface area contributed by atoms with Gasteiger partial charge in [-0.25, -0.2) is 19.3 Å². The molecule has 3 saturated heterocycles. The first-order chi connectivity index (χ1) is 48.0. The van der Waals surface area contributed by atoms with Crippen LogP contribution >= 0.6 is 46.4 Å². The average molecular weight is 1410 g/mol. The van der Waals surface area contributed by atoms with Crippen LogP contribution in [0.4, 0.5) is 38.9 Å². The van der Waals surface area contributed by atoms with Gasteiger partial charge in [-0.3, -0.25) is 30.6 Å². The van der Waals surface area contributed by atoms with E-state index in [4.69, 9.17) is 72.1 Å². The third-order valence-electron chi connectivity index (χ3n) is 16.5. The Labute approximate surface area is 594 Å². The summed E-state index contributed by atoms with van der Waals surface area (Å²) in [6.45, 7) is 7.09. The van der Waals surface area contributed by atoms with E-state index in [0.29, 0.717) is 114 Å². The van der Waals surface area contributed by atoms with Crippen LogP contribution in [0.1, 0.15) is 103 Å². The number of likely N-dealkylation sites (tertiary alicyclic amines) is 3. The molecule has 0 spiro atoms. The summed E-state index contributed by atoms with van der Waals surface area (Å²) in [5, 5.41) is 45.0. The number of nitrogens with one attached hydrogen (secondary N) is 9. The molecular weight excluding hydrogens is 1340 g/mol. The normalized spacial score (nSPS) is 13.0. The van der Waals surface area contributed by atoms with Gasteiger partial charge in [0.05, 0.1) is 51.7 Å². The van der Waals surface area contributed by atoms with E-state index in [-0.39, 0.29) is 17.4 Å². The standard InChI is InChI=1S/C25H25Cl2N5O2.C25H26ClN5O2.C24H23ClFN5O/c1-34-21-13-19(27)12-20(25(33)31-22-9-8-18(26)15-29-22)23(21)30-14-16-4-6-17(7-5-16)24(28)32-10-2-3-11-32;1-33-20-9-10-22(21(14-20)25(32)30-23-11-8-19(26)16-29-23)28-15-17-4-6-18(7-5-17)24(27)31-12-2-3-13-31;25-18-7-10-22(29-15-18)30-24(32)20-13-19(26)8-9-21(20)28-14-16-3-5-17(6-4-16)23(27)31-11-1-2-12-31/h4-9,12-13,15,28,30H,2-3,10-11,14H2,1H3,(H,29,31,33);4-11,14,16,27-28H,2-3,12-13,15H2,1H3,(H,29,30,32);3-10,13,15,27-28H,1-2,11-12,14H2,(H,29,30,32). The van der Waals surface area contributed by atoms with E-state index in [0.717, 1.165) is 111 Å². The van der Waals surface area contributed by atoms with E-state index < -0.39 is 11.7 Å². The van der Waals surface area contributed by atoms with E-state index in [1.807, 2.05) is 78.9 Å². The van der Waals surface area contributed by atoms with Gasteiger partial charge in [-0.15, -0.1) is 0 Å². The minimum Gasteiger partial charge on any atom is -0.497 e. The van der Waals surface area contributed by atoms with Gasteiger partial charge in [0.1, 0.15) is 52.3 Å². The summed E-state index contributed by atoms with van der Waals surface area (Å²) in [5.74, 6) is 2.17. The second kappa shape index (κ2) is 34.8. The van der Waals surface area contributed by atoms with Crippen molar-refractivity contribution >= 4 is 116 Å². The van der Waals surface area contributed by atoms with Gasteiger partial charge in [0, 0.05) is 117 Å². The first kappa shape index (κ1) is 71.5. The van der Waals surface area contributed by atoms with Gasteiger partial charge >= 0.3 is 0 Å². The zero-order chi connectivity index (χ0) is 69.8. The number of amides is 3. The second-order valence-electron chi connectivity index (χ2n) is 23.4. The van der Waals surface area contributed by atoms with E-state index in [1.165, 1.54) is 43.9 Å². The van der Waals surface area contributed by atoms with Crippen molar-refractivity contribution in [1.82, 2.24) is 29.7 Å². The fourth-order valence-corrected chi connectivity index (χ4v) is 11.7. The number of hydrogen-bond donors (Lipinski definition) is 9. The number of carbonyl (C=O) groups is 3. The Morgan fingerprint density at radius 1 is 0.424 bits per heavy atom. The van der Waals surface area contributed by atoms with Gasteiger partial charge in [0.2, 0.25) is 0 Å². The summed E-state index contributed by atoms with van der Waals surface area (Å²) in [6, 6.07) is 46.0. The van der Waals surface area contributed by atoms with Crippen molar-refractivity contribution in [2.75, 3.05) is 85.4 Å². The number of aromatic nitrogens is 3. The highest BCUT2D eigenvalue weighted by Crippen LogP contribution is 2.34. The highest BCUT2D eigenvalue weighted by Gasteiger charge is 2.23. The summed E-state index contributed by atoms with van der Waals surface area (Å²) < 4.78 is 24.6. The molecule has 0 unspecified atom stereocenters. The lowest BCUT2D eigenvalue weighted by molar-refractivity contribution is 0.101. The van der Waals surface area contributed by atoms with Gasteiger partial charge < -0.3 is 56.1 Å². The second-order valence-corrected chi connectivity index (χ2v) is 25.1. The summed E-state index contributed by atoms with van der Waals surface area (Å²) in [6.07, 6.45) is 11.2. The molecule has 0 saturated carbocycles. The Morgan fingerprint density at radius 2 is 0.788 bits per heavy atom. The minimum absolute atomic E-state index is 0.175. The van der Waals surface area contributed by atoms with Crippen LogP contribution in [0.15, 0.2) is 176 Å². The van der Waals surface area contributed by atoms with Crippen LogP contribution < -0.4 is 41.4 Å². The van der Waals surface area contributed by atoms with Gasteiger partial charge in [-0.1, -0.05) is 119 Å². The number of halogens is 5. The Morgan fingerprint density at radius 3 is 1.15 bits per heavy atom. The molecule has 9 N–H and O–H groups in total. The molecule has 3 aliphatic heterocycles. The number of pyridine rings is 3. The molecule has 25 heteroatoms. The molecule has 0 atom stereocenters. The third kappa shape index (κ3) is 19.9. The summed E-state index contributed by atoms with van der Waals surface area (Å²) in [5.41, 5.74) is 8.38. The fourth-order valence-electron chi connectivity index (χ4n) is 11.2. The van der Waals surface area contributed by atoms with Crippen molar-refractivity contribution in [3.8, 4) is 11.5 Å². The molecule has 510 valence electrons. The van der Waals surface area contributed by atoms with Crippen molar-refractivity contribution in [2.45, 2.75) is 58.2 Å². The Bertz CT molecular complexity index is 4290. The van der Waals surface area contributed by atoms with E-state index in [9.17, 15) is 18.8 Å². The van der Waals surface area contributed by atoms with Crippen molar-refractivity contribution in [2.24, 2.45) is 0 Å². The number of nitrogens with zero attached hydrogens (tertiary/aromatic N) is 6. The number of ether oxygens (including phenoxy) is 2. The fraction of sp³-hybridized carbons (Fsp3) is 0.230. The Balaban J connectivity index is 0.000000161. The maximum Gasteiger partial charge on any atom is 0.259 e. The highest BCUT2D eigenvalue weighted by atomic mass is 35.5. The van der Waals surface area contributed by atoms with E-state index in [2.05, 4.69) is 61.6 Å². The van der Waals surface area contributed by atoms with Crippen LogP contribution in [0.3, 0.4) is 0 Å². The quantitative estimate of drug-likeness (QED) is 0.0254. The van der Waals surface area contributed by atoms with Gasteiger partial charge in [-0.05, 0) is 134 Å². The molecule has 3 amide bonds. The van der Waals surface area contributed by atoms with Crippen LogP contribution in [0.25, 0.3) is 0 Å². The largest absolute Gasteiger partial charge is 0.497 e. The van der Waals surface area contributed by atoms with Crippen LogP contribution in [0.2, 0.25) is 20.1 Å². The van der Waals surface area contributed by atoms with Crippen molar-refractivity contribution < 1.29 is 28.2 Å². The molecule has 0 bridgehead atoms. The highest BCUT2D eigenvalue weighted by molar-refractivity contribution is 6.32. The third-order valence-corrected chi connectivity index (χ3v) is 17.4. The first-order valence-corrected chi connectivity index (χ1v) is 33.6. The molecule has 6 aromatic carbocycles. The van der Waals surface area contributed by atoms with E-state index in [1.54, 1.807) is 67.8 Å². The minimum atomic E-state index is -0.505. The van der Waals surface area contributed by atoms with Gasteiger partial charge in [-0.2, -0.15) is 0 Å². The molecule has 3 fully saturated rings. The molecule has 3 aliphatic rings. The number of methoxy groups -OCH3 is 2. The summed E-state index contributed by atoms with van der Waals surface area (Å²) >= 11 is 23.8. The topological polar surface area (TPSA) is 262 Å². The number of hydrogen-bond acceptors (Lipinski definition) is 14. The lowest BCUT2D eigenvalue weighted by Crippen LogP contribution is -2.27. The summed E-state index contributed by atoms with van der Waals surface area (Å²) in [7, 11) is 3.09. The molecule has 3 aromatic heterocycles. The lowest BCUT2D eigenvalue weighted by Gasteiger charge is -2.19. The SMILES string of the molecule is COc1cc(Cl)cc(C(=O)Nc2ccc(Cl)cn2)c1NCc1ccc(C(=N)N2CCCC2)cc1.COc1ccc(NCc2ccc(C(=N)N3CCCC3)cc2)c(C(=O)Nc2ccc(Cl)cn2)c1.N=C(c1ccc(CNc2ccc(F)cc2C(=O)Nc2ccc(Cl)cn2)cc1)N1CCCC1. The van der Waals surface area contributed by atoms with Crippen LogP contribution in [0.5, 0.6) is 11.5 Å². The number of benzene rings is 6. The molecule has 9 aromatic rings. The number of rotatable bonds is 20. The predicted octanol–water partition coefficient (Wildman–Crippen LogP) is 15.9. The zero-order valence-corrected chi connectivity index (χ0v) is 57.5. The van der Waals surface area contributed by atoms with Crippen LogP contribution in [-0.4, -0.2) is 118 Å². The maximum absolute atomic E-state index is 13.8. The number of carbonyl (C=O) groups excluding carboxylic acids is 3. The molecular formula is C74H74Cl4FN15O5. The first-order valence-electron chi connectivity index (χ1n) is 32.1. The van der Waals surface area contributed by atoms with Gasteiger partial charge in [0.15, 0.2) is 0 Å². The Hall–Kier alpha value is -10.3. The van der Waals surface area contributed by atoms with Crippen molar-refractivity contribution in [3.63, 3.8) is 0 Å². The lowest BCUT2D eigenvalue weighted by atomic mass is 10.1. The molecule has 12 rings (SSSR count). The Kier molecular flexibility index (Phi) is 25.1. The van der Waals surface area contributed by atoms with Crippen LogP contribution in [-0.2, 0) is 19.6 Å². The van der Waals surface area contributed by atoms with E-state index >= 15 is 0 Å².